The number of nitrogens with one attached hydrogen (secondary N) is 1. The number of ether oxygens (including phenoxy) is 2. The minimum Gasteiger partial charge on any atom is -0.444 e. The van der Waals surface area contributed by atoms with Gasteiger partial charge in [0.2, 0.25) is 5.91 Å². The topological polar surface area (TPSA) is 98.1 Å². The molecule has 4 aliphatic rings. The molecule has 4 fully saturated rings. The number of hydrogen-bond donors (Lipinski definition) is 1. The molecule has 5 rings (SSSR count). The number of likely N-dealkylation sites (tertiary alicyclic amines) is 1. The molecule has 1 aromatic carbocycles. The van der Waals surface area contributed by atoms with Crippen molar-refractivity contribution in [3.63, 3.8) is 0 Å². The van der Waals surface area contributed by atoms with Crippen molar-refractivity contribution in [3.05, 3.63) is 29.6 Å². The molecule has 1 saturated carbocycles. The minimum atomic E-state index is -0.906. The average Bonchev–Trinajstić information content (AvgIpc) is 3.55. The maximum atomic E-state index is 15.2. The zero-order valence-electron chi connectivity index (χ0n) is 23.9. The summed E-state index contributed by atoms with van der Waals surface area (Å²) in [6.07, 6.45) is 4.10. The van der Waals surface area contributed by atoms with Gasteiger partial charge in [-0.25, -0.2) is 9.18 Å². The third-order valence-electron chi connectivity index (χ3n) is 8.78. The van der Waals surface area contributed by atoms with E-state index in [-0.39, 0.29) is 30.1 Å². The molecule has 4 atom stereocenters. The number of nitrogens with zero attached hydrogens (tertiary/aromatic N) is 4. The normalized spacial score (nSPS) is 26.4. The number of fused-ring (bicyclic) bond motifs is 2. The fourth-order valence-corrected chi connectivity index (χ4v) is 6.84. The van der Waals surface area contributed by atoms with Crippen LogP contribution in [0, 0.1) is 23.1 Å². The van der Waals surface area contributed by atoms with Crippen molar-refractivity contribution in [3.8, 4) is 6.07 Å². The van der Waals surface area contributed by atoms with E-state index in [4.69, 9.17) is 9.47 Å². The number of halogens is 1. The molecule has 1 N–H and O–H groups in total. The van der Waals surface area contributed by atoms with Crippen LogP contribution in [0.5, 0.6) is 0 Å². The maximum Gasteiger partial charge on any atom is 0.411 e. The predicted molar refractivity (Wildman–Crippen MR) is 148 cm³/mol. The first kappa shape index (κ1) is 28.6. The highest BCUT2D eigenvalue weighted by molar-refractivity contribution is 5.87. The lowest BCUT2D eigenvalue weighted by Crippen LogP contribution is -2.55. The molecule has 2 bridgehead atoms. The van der Waals surface area contributed by atoms with E-state index < -0.39 is 23.8 Å². The highest BCUT2D eigenvalue weighted by Crippen LogP contribution is 2.43. The molecule has 2 amide bonds. The Labute approximate surface area is 236 Å². The minimum absolute atomic E-state index is 0.0277. The lowest BCUT2D eigenvalue weighted by molar-refractivity contribution is -0.128. The van der Waals surface area contributed by atoms with Gasteiger partial charge >= 0.3 is 6.09 Å². The van der Waals surface area contributed by atoms with E-state index in [1.807, 2.05) is 6.07 Å². The summed E-state index contributed by atoms with van der Waals surface area (Å²) in [6.45, 7) is 10.7. The summed E-state index contributed by atoms with van der Waals surface area (Å²) in [5.74, 6) is -0.706. The van der Waals surface area contributed by atoms with Crippen LogP contribution in [0.1, 0.15) is 58.4 Å². The second kappa shape index (κ2) is 11.9. The van der Waals surface area contributed by atoms with E-state index in [1.165, 1.54) is 0 Å². The van der Waals surface area contributed by atoms with Crippen LogP contribution in [0.15, 0.2) is 18.2 Å². The Morgan fingerprint density at radius 2 is 1.85 bits per heavy atom. The fraction of sp³-hybridized carbons (Fsp3) is 0.700. The number of piperidine rings is 2. The molecule has 0 spiro atoms. The molecule has 0 radical (unpaired) electrons. The van der Waals surface area contributed by atoms with Gasteiger partial charge in [-0.15, -0.1) is 0 Å². The van der Waals surface area contributed by atoms with E-state index in [0.29, 0.717) is 11.6 Å². The summed E-state index contributed by atoms with van der Waals surface area (Å²) in [7, 11) is 0. The zero-order chi connectivity index (χ0) is 28.4. The first-order chi connectivity index (χ1) is 19.1. The Bertz CT molecular complexity index is 1120. The van der Waals surface area contributed by atoms with Crippen molar-refractivity contribution in [1.29, 1.82) is 5.26 Å². The molecule has 1 aromatic rings. The van der Waals surface area contributed by atoms with Crippen LogP contribution in [0.25, 0.3) is 0 Å². The number of nitriles is 1. The standard InChI is InChI=1S/C30H42FN5O4/c1-30(2,3)40-29(38)36-25-7-5-21(17-25)27(36)28(37)33-22(19-32)16-20-4-6-24(18-26(20)31)34-10-8-23(9-11-34)35-12-14-39-15-13-35/h4,6,18,21-23,25,27H,5,7-17H2,1-3H3,(H,33,37)/t21-,22-,25+,27-/m0/s1. The van der Waals surface area contributed by atoms with Gasteiger partial charge in [0.1, 0.15) is 23.5 Å². The molecular weight excluding hydrogens is 513 g/mol. The van der Waals surface area contributed by atoms with Gasteiger partial charge in [-0.1, -0.05) is 6.07 Å². The van der Waals surface area contributed by atoms with Crippen molar-refractivity contribution in [2.75, 3.05) is 44.3 Å². The number of amides is 2. The quantitative estimate of drug-likeness (QED) is 0.574. The largest absolute Gasteiger partial charge is 0.444 e. The molecule has 0 unspecified atom stereocenters. The Morgan fingerprint density at radius 3 is 2.50 bits per heavy atom. The lowest BCUT2D eigenvalue weighted by atomic mass is 9.97. The van der Waals surface area contributed by atoms with E-state index >= 15 is 4.39 Å². The van der Waals surface area contributed by atoms with Crippen LogP contribution in [0.3, 0.4) is 0 Å². The molecule has 1 aliphatic carbocycles. The van der Waals surface area contributed by atoms with Crippen LogP contribution in [0.2, 0.25) is 0 Å². The molecule has 9 nitrogen and oxygen atoms in total. The Balaban J connectivity index is 1.18. The summed E-state index contributed by atoms with van der Waals surface area (Å²) in [5.41, 5.74) is 0.558. The summed E-state index contributed by atoms with van der Waals surface area (Å²) >= 11 is 0. The van der Waals surface area contributed by atoms with Crippen LogP contribution in [0.4, 0.5) is 14.9 Å². The maximum absolute atomic E-state index is 15.2. The monoisotopic (exact) mass is 555 g/mol. The van der Waals surface area contributed by atoms with Gasteiger partial charge in [0, 0.05) is 50.4 Å². The Morgan fingerprint density at radius 1 is 1.12 bits per heavy atom. The number of morpholine rings is 1. The SMILES string of the molecule is CC(C)(C)OC(=O)N1[C@@H]2CC[C@@H](C2)[C@H]1C(=O)N[C@H](C#N)Cc1ccc(N2CCC(N3CCOCC3)CC2)cc1F. The van der Waals surface area contributed by atoms with E-state index in [0.717, 1.165) is 77.2 Å². The number of hydrogen-bond acceptors (Lipinski definition) is 7. The molecule has 218 valence electrons. The third kappa shape index (κ3) is 6.36. The molecule has 10 heteroatoms. The average molecular weight is 556 g/mol. The zero-order valence-corrected chi connectivity index (χ0v) is 23.9. The summed E-state index contributed by atoms with van der Waals surface area (Å²) in [4.78, 5) is 32.5. The van der Waals surface area contributed by atoms with Crippen LogP contribution in [-0.4, -0.2) is 91.0 Å². The molecule has 3 saturated heterocycles. The van der Waals surface area contributed by atoms with Crippen molar-refractivity contribution in [2.45, 2.75) is 89.1 Å². The second-order valence-corrected chi connectivity index (χ2v) is 12.6. The smallest absolute Gasteiger partial charge is 0.411 e. The van der Waals surface area contributed by atoms with Crippen molar-refractivity contribution < 1.29 is 23.5 Å². The predicted octanol–water partition coefficient (Wildman–Crippen LogP) is 3.47. The third-order valence-corrected chi connectivity index (χ3v) is 8.78. The number of carbonyl (C=O) groups is 2. The van der Waals surface area contributed by atoms with E-state index in [1.54, 1.807) is 37.8 Å². The highest BCUT2D eigenvalue weighted by Gasteiger charge is 2.52. The van der Waals surface area contributed by atoms with Gasteiger partial charge in [-0.05, 0) is 76.5 Å². The van der Waals surface area contributed by atoms with Crippen molar-refractivity contribution >= 4 is 17.7 Å². The van der Waals surface area contributed by atoms with Crippen LogP contribution < -0.4 is 10.2 Å². The van der Waals surface area contributed by atoms with Crippen LogP contribution >= 0.6 is 0 Å². The van der Waals surface area contributed by atoms with Gasteiger partial charge in [0.15, 0.2) is 0 Å². The number of carbonyl (C=O) groups excluding carboxylic acids is 2. The van der Waals surface area contributed by atoms with Gasteiger partial charge < -0.3 is 19.7 Å². The second-order valence-electron chi connectivity index (χ2n) is 12.6. The van der Waals surface area contributed by atoms with Gasteiger partial charge in [-0.3, -0.25) is 14.6 Å². The molecular formula is C30H42FN5O4. The molecule has 3 heterocycles. The Kier molecular flexibility index (Phi) is 8.52. The molecule has 3 aliphatic heterocycles. The Hall–Kier alpha value is -2.90. The summed E-state index contributed by atoms with van der Waals surface area (Å²) in [5, 5.41) is 12.6. The first-order valence-corrected chi connectivity index (χ1v) is 14.7. The molecule has 40 heavy (non-hydrogen) atoms. The summed E-state index contributed by atoms with van der Waals surface area (Å²) < 4.78 is 26.3. The van der Waals surface area contributed by atoms with Gasteiger partial charge in [-0.2, -0.15) is 5.26 Å². The first-order valence-electron chi connectivity index (χ1n) is 14.7. The van der Waals surface area contributed by atoms with Crippen molar-refractivity contribution in [2.24, 2.45) is 5.92 Å². The summed E-state index contributed by atoms with van der Waals surface area (Å²) in [6, 6.07) is 6.23. The van der Waals surface area contributed by atoms with E-state index in [2.05, 4.69) is 21.2 Å². The highest BCUT2D eigenvalue weighted by atomic mass is 19.1. The number of benzene rings is 1. The van der Waals surface area contributed by atoms with Gasteiger partial charge in [0.05, 0.1) is 19.3 Å². The molecule has 0 aromatic heterocycles. The fourth-order valence-electron chi connectivity index (χ4n) is 6.84. The lowest BCUT2D eigenvalue weighted by Gasteiger charge is -2.40. The van der Waals surface area contributed by atoms with Crippen molar-refractivity contribution in [1.82, 2.24) is 15.1 Å². The number of anilines is 1. The van der Waals surface area contributed by atoms with Crippen LogP contribution in [-0.2, 0) is 20.7 Å². The van der Waals surface area contributed by atoms with E-state index in [9.17, 15) is 14.9 Å². The number of rotatable bonds is 6. The van der Waals surface area contributed by atoms with Gasteiger partial charge in [0.25, 0.3) is 0 Å².